The fourth-order valence-electron chi connectivity index (χ4n) is 3.17. The highest BCUT2D eigenvalue weighted by atomic mass is 35.5. The van der Waals surface area contributed by atoms with Gasteiger partial charge in [0.15, 0.2) is 0 Å². The van der Waals surface area contributed by atoms with Gasteiger partial charge in [-0.25, -0.2) is 4.98 Å². The van der Waals surface area contributed by atoms with Gasteiger partial charge < -0.3 is 14.8 Å². The molecule has 1 aliphatic heterocycles. The molecule has 2 heterocycles. The summed E-state index contributed by atoms with van der Waals surface area (Å²) in [6, 6.07) is 15.7. The molecular weight excluding hydrogens is 454 g/mol. The molecule has 9 heteroatoms. The average molecular weight is 478 g/mol. The summed E-state index contributed by atoms with van der Waals surface area (Å²) in [4.78, 5) is 18.3. The minimum absolute atomic E-state index is 0. The van der Waals surface area contributed by atoms with Crippen LogP contribution in [0.3, 0.4) is 0 Å². The van der Waals surface area contributed by atoms with Gasteiger partial charge in [0.1, 0.15) is 16.5 Å². The first kappa shape index (κ1) is 23.4. The van der Waals surface area contributed by atoms with E-state index in [1.54, 1.807) is 37.3 Å². The fraction of sp³-hybridized carbons (Fsp3) is 0.273. The van der Waals surface area contributed by atoms with Crippen LogP contribution in [0.15, 0.2) is 48.5 Å². The zero-order valence-electron chi connectivity index (χ0n) is 17.2. The topological polar surface area (TPSA) is 72.5 Å². The van der Waals surface area contributed by atoms with E-state index in [-0.39, 0.29) is 24.4 Å². The van der Waals surface area contributed by atoms with E-state index in [1.807, 2.05) is 48.5 Å². The van der Waals surface area contributed by atoms with Crippen molar-refractivity contribution in [3.8, 4) is 33.2 Å². The normalized spacial score (nSPS) is 15.2. The van der Waals surface area contributed by atoms with Crippen LogP contribution in [0.4, 0.5) is 0 Å². The van der Waals surface area contributed by atoms with Gasteiger partial charge >= 0.3 is 0 Å². The highest BCUT2D eigenvalue weighted by Gasteiger charge is 2.23. The summed E-state index contributed by atoms with van der Waals surface area (Å²) in [5, 5.41) is 7.07. The van der Waals surface area contributed by atoms with Crippen molar-refractivity contribution in [2.75, 3.05) is 25.8 Å². The van der Waals surface area contributed by atoms with Gasteiger partial charge in [-0.15, -0.1) is 35.5 Å². The molecular formula is C22H24ClN3O3S2. The maximum atomic E-state index is 12.4. The molecule has 0 saturated carbocycles. The maximum absolute atomic E-state index is 12.4. The summed E-state index contributed by atoms with van der Waals surface area (Å²) in [6.45, 7) is 0.408. The number of benzene rings is 2. The molecule has 1 aliphatic rings. The van der Waals surface area contributed by atoms with E-state index in [0.29, 0.717) is 6.54 Å². The SMILES string of the molecule is COc1ccc(-c2nc(CNC(=O)C3CSCN3)sc2-c2ccc(OC)cc2)cc1.Cl. The van der Waals surface area contributed by atoms with E-state index in [1.165, 1.54) is 0 Å². The van der Waals surface area contributed by atoms with E-state index in [0.717, 1.165) is 49.8 Å². The van der Waals surface area contributed by atoms with Gasteiger partial charge in [0.05, 0.1) is 37.4 Å². The molecule has 0 aliphatic carbocycles. The predicted octanol–water partition coefficient (Wildman–Crippen LogP) is 4.19. The van der Waals surface area contributed by atoms with Crippen LogP contribution in [-0.4, -0.2) is 42.8 Å². The molecule has 1 atom stereocenters. The zero-order chi connectivity index (χ0) is 20.9. The van der Waals surface area contributed by atoms with Gasteiger partial charge in [-0.2, -0.15) is 0 Å². The lowest BCUT2D eigenvalue weighted by atomic mass is 10.1. The third-order valence-corrected chi connectivity index (χ3v) is 6.88. The van der Waals surface area contributed by atoms with Gasteiger partial charge in [0, 0.05) is 17.2 Å². The predicted molar refractivity (Wildman–Crippen MR) is 129 cm³/mol. The van der Waals surface area contributed by atoms with Gasteiger partial charge in [-0.3, -0.25) is 10.1 Å². The number of hydrogen-bond donors (Lipinski definition) is 2. The van der Waals surface area contributed by atoms with E-state index in [2.05, 4.69) is 10.6 Å². The van der Waals surface area contributed by atoms with Crippen molar-refractivity contribution in [1.82, 2.24) is 15.6 Å². The van der Waals surface area contributed by atoms with E-state index < -0.39 is 0 Å². The number of halogens is 1. The number of hydrogen-bond acceptors (Lipinski definition) is 7. The molecule has 0 radical (unpaired) electrons. The summed E-state index contributed by atoms with van der Waals surface area (Å²) < 4.78 is 10.6. The van der Waals surface area contributed by atoms with Crippen LogP contribution in [0.1, 0.15) is 5.01 Å². The number of aromatic nitrogens is 1. The number of nitrogens with zero attached hydrogens (tertiary/aromatic N) is 1. The Labute approximate surface area is 196 Å². The largest absolute Gasteiger partial charge is 0.497 e. The number of methoxy groups -OCH3 is 2. The fourth-order valence-corrected chi connectivity index (χ4v) is 5.14. The van der Waals surface area contributed by atoms with Crippen LogP contribution in [0.25, 0.3) is 21.7 Å². The van der Waals surface area contributed by atoms with Crippen LogP contribution in [0.5, 0.6) is 11.5 Å². The number of carbonyl (C=O) groups is 1. The Kier molecular flexibility index (Phi) is 8.20. The summed E-state index contributed by atoms with van der Waals surface area (Å²) in [5.74, 6) is 3.25. The molecule has 31 heavy (non-hydrogen) atoms. The van der Waals surface area contributed by atoms with Crippen LogP contribution in [-0.2, 0) is 11.3 Å². The Bertz CT molecular complexity index is 939. The molecule has 2 aromatic carbocycles. The number of rotatable bonds is 7. The lowest BCUT2D eigenvalue weighted by Gasteiger charge is -2.08. The molecule has 1 aromatic heterocycles. The van der Waals surface area contributed by atoms with E-state index >= 15 is 0 Å². The zero-order valence-corrected chi connectivity index (χ0v) is 19.7. The molecule has 4 rings (SSSR count). The van der Waals surface area contributed by atoms with Crippen LogP contribution in [0.2, 0.25) is 0 Å². The van der Waals surface area contributed by atoms with Gasteiger partial charge in [0.2, 0.25) is 5.91 Å². The summed E-state index contributed by atoms with van der Waals surface area (Å²) >= 11 is 3.33. The molecule has 1 saturated heterocycles. The van der Waals surface area contributed by atoms with E-state index in [9.17, 15) is 4.79 Å². The Morgan fingerprint density at radius 2 is 1.68 bits per heavy atom. The Hall–Kier alpha value is -2.26. The number of amides is 1. The minimum atomic E-state index is -0.128. The Morgan fingerprint density at radius 3 is 2.23 bits per heavy atom. The average Bonchev–Trinajstić information content (AvgIpc) is 3.48. The van der Waals surface area contributed by atoms with Crippen molar-refractivity contribution >= 4 is 41.4 Å². The molecule has 1 fully saturated rings. The second-order valence-corrected chi connectivity index (χ2v) is 8.85. The smallest absolute Gasteiger partial charge is 0.238 e. The molecule has 0 bridgehead atoms. The van der Waals surface area contributed by atoms with Gasteiger partial charge in [-0.05, 0) is 54.1 Å². The molecule has 1 amide bonds. The second kappa shape index (κ2) is 10.9. The number of thiazole rings is 1. The van der Waals surface area contributed by atoms with Crippen LogP contribution in [0, 0.1) is 0 Å². The van der Waals surface area contributed by atoms with Crippen LogP contribution >= 0.6 is 35.5 Å². The first-order valence-electron chi connectivity index (χ1n) is 9.55. The monoisotopic (exact) mass is 477 g/mol. The second-order valence-electron chi connectivity index (χ2n) is 6.73. The highest BCUT2D eigenvalue weighted by molar-refractivity contribution is 7.99. The maximum Gasteiger partial charge on any atom is 0.238 e. The van der Waals surface area contributed by atoms with Gasteiger partial charge in [0.25, 0.3) is 0 Å². The summed E-state index contributed by atoms with van der Waals surface area (Å²) in [6.07, 6.45) is 0. The Balaban J connectivity index is 0.00000272. The van der Waals surface area contributed by atoms with Crippen molar-refractivity contribution in [1.29, 1.82) is 0 Å². The Morgan fingerprint density at radius 1 is 1.06 bits per heavy atom. The van der Waals surface area contributed by atoms with Crippen molar-refractivity contribution in [3.63, 3.8) is 0 Å². The van der Waals surface area contributed by atoms with Gasteiger partial charge in [-0.1, -0.05) is 0 Å². The van der Waals surface area contributed by atoms with Crippen molar-refractivity contribution in [2.45, 2.75) is 12.6 Å². The van der Waals surface area contributed by atoms with E-state index in [4.69, 9.17) is 14.5 Å². The van der Waals surface area contributed by atoms with Crippen molar-refractivity contribution in [2.24, 2.45) is 0 Å². The lowest BCUT2D eigenvalue weighted by Crippen LogP contribution is -2.41. The minimum Gasteiger partial charge on any atom is -0.497 e. The molecule has 2 N–H and O–H groups in total. The first-order valence-corrected chi connectivity index (χ1v) is 11.5. The third kappa shape index (κ3) is 5.51. The molecule has 3 aromatic rings. The third-order valence-electron chi connectivity index (χ3n) is 4.83. The molecule has 164 valence electrons. The number of thioether (sulfide) groups is 1. The molecule has 6 nitrogen and oxygen atoms in total. The highest BCUT2D eigenvalue weighted by Crippen LogP contribution is 2.38. The summed E-state index contributed by atoms with van der Waals surface area (Å²) in [5.41, 5.74) is 2.96. The molecule has 1 unspecified atom stereocenters. The first-order chi connectivity index (χ1) is 14.7. The lowest BCUT2D eigenvalue weighted by molar-refractivity contribution is -0.122. The number of ether oxygens (including phenoxy) is 2. The van der Waals surface area contributed by atoms with Crippen molar-refractivity contribution in [3.05, 3.63) is 53.5 Å². The quantitative estimate of drug-likeness (QED) is 0.531. The van der Waals surface area contributed by atoms with Crippen molar-refractivity contribution < 1.29 is 14.3 Å². The standard InChI is InChI=1S/C22H23N3O3S2.ClH/c1-27-16-7-3-14(4-8-16)20-21(15-5-9-17(28-2)10-6-15)30-19(25-20)11-23-22(26)18-12-29-13-24-18;/h3-10,18,24H,11-13H2,1-2H3,(H,23,26);1H. The summed E-state index contributed by atoms with van der Waals surface area (Å²) in [7, 11) is 3.31. The van der Waals surface area contributed by atoms with Crippen LogP contribution < -0.4 is 20.1 Å². The number of nitrogens with one attached hydrogen (secondary N) is 2. The molecule has 0 spiro atoms. The number of carbonyl (C=O) groups excluding carboxylic acids is 1.